The summed E-state index contributed by atoms with van der Waals surface area (Å²) < 4.78 is 25.1. The molecule has 0 atom stereocenters. The van der Waals surface area contributed by atoms with E-state index in [1.54, 1.807) is 36.0 Å². The Kier molecular flexibility index (Phi) is 8.05. The summed E-state index contributed by atoms with van der Waals surface area (Å²) in [5, 5.41) is 3.24. The van der Waals surface area contributed by atoms with Crippen LogP contribution in [0.3, 0.4) is 0 Å². The number of carbonyl (C=O) groups is 1. The molecule has 0 fully saturated rings. The maximum absolute atomic E-state index is 12.0. The summed E-state index contributed by atoms with van der Waals surface area (Å²) in [6.07, 6.45) is 1.09. The van der Waals surface area contributed by atoms with Gasteiger partial charge >= 0.3 is 0 Å². The van der Waals surface area contributed by atoms with Crippen LogP contribution in [0.25, 0.3) is 0 Å². The summed E-state index contributed by atoms with van der Waals surface area (Å²) >= 11 is 7.82. The lowest BCUT2D eigenvalue weighted by Crippen LogP contribution is -2.40. The highest BCUT2D eigenvalue weighted by molar-refractivity contribution is 8.00. The molecule has 1 amide bonds. The second-order valence-corrected chi connectivity index (χ2v) is 10.7. The number of hydrogen-bond acceptors (Lipinski definition) is 4. The highest BCUT2D eigenvalue weighted by Gasteiger charge is 2.21. The molecule has 0 spiro atoms. The molecule has 0 aliphatic carbocycles. The maximum Gasteiger partial charge on any atom is 0.235 e. The molecule has 24 heavy (non-hydrogen) atoms. The van der Waals surface area contributed by atoms with E-state index < -0.39 is 10.0 Å². The van der Waals surface area contributed by atoms with Gasteiger partial charge in [0.15, 0.2) is 0 Å². The van der Waals surface area contributed by atoms with E-state index in [0.717, 1.165) is 16.3 Å². The fourth-order valence-corrected chi connectivity index (χ4v) is 3.61. The molecule has 8 heteroatoms. The Balaban J connectivity index is 2.61. The molecule has 0 aliphatic rings. The summed E-state index contributed by atoms with van der Waals surface area (Å²) in [4.78, 5) is 12.0. The van der Waals surface area contributed by atoms with Gasteiger partial charge in [0, 0.05) is 28.6 Å². The molecular weight excluding hydrogens is 368 g/mol. The molecule has 1 aromatic carbocycles. The molecular formula is C16H25ClN2O3S2. The van der Waals surface area contributed by atoms with E-state index in [1.807, 2.05) is 0 Å². The second-order valence-electron chi connectivity index (χ2n) is 6.43. The van der Waals surface area contributed by atoms with Crippen molar-refractivity contribution in [2.45, 2.75) is 32.1 Å². The lowest BCUT2D eigenvalue weighted by Gasteiger charge is -2.21. The molecule has 5 nitrogen and oxygen atoms in total. The SMILES string of the molecule is CC(C)(C)SCCNC(=O)CN(Cc1ccccc1Cl)S(C)(=O)=O. The zero-order chi connectivity index (χ0) is 18.4. The third-order valence-corrected chi connectivity index (χ3v) is 5.89. The largest absolute Gasteiger partial charge is 0.354 e. The van der Waals surface area contributed by atoms with Crippen molar-refractivity contribution in [1.82, 2.24) is 9.62 Å². The summed E-state index contributed by atoms with van der Waals surface area (Å²) in [7, 11) is -3.52. The minimum Gasteiger partial charge on any atom is -0.354 e. The number of rotatable bonds is 8. The van der Waals surface area contributed by atoms with Crippen molar-refractivity contribution < 1.29 is 13.2 Å². The smallest absolute Gasteiger partial charge is 0.235 e. The Morgan fingerprint density at radius 3 is 2.46 bits per heavy atom. The maximum atomic E-state index is 12.0. The van der Waals surface area contributed by atoms with E-state index in [1.165, 1.54) is 0 Å². The zero-order valence-corrected chi connectivity index (χ0v) is 16.9. The molecule has 0 saturated carbocycles. The van der Waals surface area contributed by atoms with Crippen LogP contribution in [0.4, 0.5) is 0 Å². The van der Waals surface area contributed by atoms with Crippen LogP contribution in [-0.2, 0) is 21.4 Å². The highest BCUT2D eigenvalue weighted by atomic mass is 35.5. The second kappa shape index (κ2) is 9.08. The van der Waals surface area contributed by atoms with Gasteiger partial charge in [-0.15, -0.1) is 0 Å². The Morgan fingerprint density at radius 1 is 1.29 bits per heavy atom. The molecule has 1 rings (SSSR count). The highest BCUT2D eigenvalue weighted by Crippen LogP contribution is 2.22. The van der Waals surface area contributed by atoms with Crippen molar-refractivity contribution in [3.8, 4) is 0 Å². The number of amides is 1. The van der Waals surface area contributed by atoms with Crippen molar-refractivity contribution in [2.75, 3.05) is 25.1 Å². The first-order valence-electron chi connectivity index (χ1n) is 7.58. The Labute approximate surface area is 154 Å². The summed E-state index contributed by atoms with van der Waals surface area (Å²) in [5.41, 5.74) is 0.667. The van der Waals surface area contributed by atoms with Gasteiger partial charge in [-0.3, -0.25) is 4.79 Å². The van der Waals surface area contributed by atoms with E-state index in [0.29, 0.717) is 17.1 Å². The van der Waals surface area contributed by atoms with E-state index >= 15 is 0 Å². The van der Waals surface area contributed by atoms with Gasteiger partial charge in [-0.2, -0.15) is 16.1 Å². The lowest BCUT2D eigenvalue weighted by atomic mass is 10.2. The number of thioether (sulfide) groups is 1. The topological polar surface area (TPSA) is 66.5 Å². The van der Waals surface area contributed by atoms with Crippen molar-refractivity contribution in [3.63, 3.8) is 0 Å². The van der Waals surface area contributed by atoms with Gasteiger partial charge in [-0.1, -0.05) is 50.6 Å². The predicted molar refractivity (Wildman–Crippen MR) is 102 cm³/mol. The van der Waals surface area contributed by atoms with Gasteiger partial charge in [-0.25, -0.2) is 8.42 Å². The standard InChI is InChI=1S/C16H25ClN2O3S2/c1-16(2,3)23-10-9-18-15(20)12-19(24(4,21)22)11-13-7-5-6-8-14(13)17/h5-8H,9-12H2,1-4H3,(H,18,20). The summed E-state index contributed by atoms with van der Waals surface area (Å²) in [5.74, 6) is 0.459. The third-order valence-electron chi connectivity index (χ3n) is 3.05. The lowest BCUT2D eigenvalue weighted by molar-refractivity contribution is -0.121. The number of carbonyl (C=O) groups excluding carboxylic acids is 1. The summed E-state index contributed by atoms with van der Waals surface area (Å²) in [6.45, 7) is 6.68. The fraction of sp³-hybridized carbons (Fsp3) is 0.562. The number of nitrogens with zero attached hydrogens (tertiary/aromatic N) is 1. The molecule has 0 bridgehead atoms. The Hall–Kier alpha value is -0.760. The van der Waals surface area contributed by atoms with Gasteiger partial charge in [0.05, 0.1) is 12.8 Å². The summed E-state index contributed by atoms with van der Waals surface area (Å²) in [6, 6.07) is 7.00. The van der Waals surface area contributed by atoms with Crippen LogP contribution >= 0.6 is 23.4 Å². The fourth-order valence-electron chi connectivity index (χ4n) is 1.87. The number of halogens is 1. The first-order valence-corrected chi connectivity index (χ1v) is 10.8. The van der Waals surface area contributed by atoms with Gasteiger partial charge in [-0.05, 0) is 11.6 Å². The molecule has 1 N–H and O–H groups in total. The molecule has 0 heterocycles. The number of sulfonamides is 1. The number of benzene rings is 1. The molecule has 0 radical (unpaired) electrons. The van der Waals surface area contributed by atoms with E-state index in [-0.39, 0.29) is 23.7 Å². The monoisotopic (exact) mass is 392 g/mol. The van der Waals surface area contributed by atoms with Gasteiger partial charge in [0.1, 0.15) is 0 Å². The molecule has 0 aliphatic heterocycles. The van der Waals surface area contributed by atoms with Crippen molar-refractivity contribution in [2.24, 2.45) is 0 Å². The minimum absolute atomic E-state index is 0.0721. The van der Waals surface area contributed by atoms with Crippen LogP contribution < -0.4 is 5.32 Å². The Morgan fingerprint density at radius 2 is 1.92 bits per heavy atom. The molecule has 1 aromatic rings. The molecule has 0 unspecified atom stereocenters. The quantitative estimate of drug-likeness (QED) is 0.691. The zero-order valence-electron chi connectivity index (χ0n) is 14.5. The van der Waals surface area contributed by atoms with E-state index in [2.05, 4.69) is 26.1 Å². The first kappa shape index (κ1) is 21.3. The number of nitrogens with one attached hydrogen (secondary N) is 1. The van der Waals surface area contributed by atoms with Crippen LogP contribution in [0.5, 0.6) is 0 Å². The van der Waals surface area contributed by atoms with Crippen molar-refractivity contribution in [3.05, 3.63) is 34.9 Å². The van der Waals surface area contributed by atoms with E-state index in [4.69, 9.17) is 11.6 Å². The van der Waals surface area contributed by atoms with Crippen LogP contribution in [0.1, 0.15) is 26.3 Å². The predicted octanol–water partition coefficient (Wildman–Crippen LogP) is 2.75. The molecule has 0 saturated heterocycles. The van der Waals surface area contributed by atoms with E-state index in [9.17, 15) is 13.2 Å². The first-order chi connectivity index (χ1) is 11.0. The van der Waals surface area contributed by atoms with Crippen LogP contribution in [0.15, 0.2) is 24.3 Å². The average Bonchev–Trinajstić information content (AvgIpc) is 2.43. The Bertz CT molecular complexity index is 658. The van der Waals surface area contributed by atoms with Gasteiger partial charge in [0.25, 0.3) is 0 Å². The molecule has 0 aromatic heterocycles. The van der Waals surface area contributed by atoms with Crippen molar-refractivity contribution in [1.29, 1.82) is 0 Å². The van der Waals surface area contributed by atoms with Crippen LogP contribution in [0, 0.1) is 0 Å². The van der Waals surface area contributed by atoms with Crippen LogP contribution in [0.2, 0.25) is 5.02 Å². The van der Waals surface area contributed by atoms with Gasteiger partial charge in [0.2, 0.25) is 15.9 Å². The van der Waals surface area contributed by atoms with Crippen molar-refractivity contribution >= 4 is 39.3 Å². The van der Waals surface area contributed by atoms with Gasteiger partial charge < -0.3 is 5.32 Å². The average molecular weight is 393 g/mol. The van der Waals surface area contributed by atoms with Crippen LogP contribution in [-0.4, -0.2) is 48.5 Å². The number of hydrogen-bond donors (Lipinski definition) is 1. The normalized spacial score (nSPS) is 12.4. The minimum atomic E-state index is -3.52. The molecule has 136 valence electrons. The third kappa shape index (κ3) is 8.37.